The van der Waals surface area contributed by atoms with Crippen LogP contribution in [-0.4, -0.2) is 19.1 Å². The topological polar surface area (TPSA) is 38.0 Å². The number of hydrogen-bond donors (Lipinski definition) is 2. The summed E-state index contributed by atoms with van der Waals surface area (Å²) in [7, 11) is 0. The van der Waals surface area contributed by atoms with E-state index in [0.29, 0.717) is 6.04 Å². The molecule has 2 nitrogen and oxygen atoms in total. The van der Waals surface area contributed by atoms with Crippen LogP contribution in [0.25, 0.3) is 0 Å². The van der Waals surface area contributed by atoms with Gasteiger partial charge in [-0.1, -0.05) is 25.7 Å². The average molecular weight is 184 g/mol. The first-order valence-electron chi connectivity index (χ1n) is 5.86. The van der Waals surface area contributed by atoms with E-state index in [1.165, 1.54) is 64.5 Å². The Morgan fingerprint density at radius 3 is 1.54 bits per heavy atom. The van der Waals surface area contributed by atoms with Crippen molar-refractivity contribution < 1.29 is 0 Å². The Bertz CT molecular complexity index is 93.1. The average Bonchev–Trinajstić information content (AvgIpc) is 2.22. The van der Waals surface area contributed by atoms with Gasteiger partial charge in [-0.2, -0.15) is 0 Å². The van der Waals surface area contributed by atoms with Gasteiger partial charge in [-0.05, 0) is 38.8 Å². The van der Waals surface area contributed by atoms with Crippen LogP contribution in [0.15, 0.2) is 0 Å². The largest absolute Gasteiger partial charge is 0.328 e. The monoisotopic (exact) mass is 184 g/mol. The molecule has 1 saturated heterocycles. The fourth-order valence-electron chi connectivity index (χ4n) is 1.94. The van der Waals surface area contributed by atoms with Gasteiger partial charge in [0.1, 0.15) is 0 Å². The van der Waals surface area contributed by atoms with E-state index in [4.69, 9.17) is 5.73 Å². The summed E-state index contributed by atoms with van der Waals surface area (Å²) < 4.78 is 0. The Hall–Kier alpha value is -0.0800. The van der Waals surface area contributed by atoms with Crippen LogP contribution in [0.5, 0.6) is 0 Å². The minimum atomic E-state index is 0.536. The summed E-state index contributed by atoms with van der Waals surface area (Å²) in [5.41, 5.74) is 5.63. The number of nitrogens with two attached hydrogens (primary N) is 1. The molecule has 0 aromatic rings. The molecule has 3 N–H and O–H groups in total. The molecule has 0 aromatic carbocycles. The lowest BCUT2D eigenvalue weighted by molar-refractivity contribution is 0.441. The third-order valence-corrected chi connectivity index (χ3v) is 2.86. The van der Waals surface area contributed by atoms with Crippen LogP contribution >= 0.6 is 0 Å². The highest BCUT2D eigenvalue weighted by atomic mass is 14.9. The molecule has 0 atom stereocenters. The van der Waals surface area contributed by atoms with Gasteiger partial charge in [-0.3, -0.25) is 0 Å². The second-order valence-corrected chi connectivity index (χ2v) is 4.21. The number of rotatable bonds is 0. The fourth-order valence-corrected chi connectivity index (χ4v) is 1.94. The van der Waals surface area contributed by atoms with E-state index in [1.54, 1.807) is 0 Å². The van der Waals surface area contributed by atoms with Gasteiger partial charge >= 0.3 is 0 Å². The highest BCUT2D eigenvalue weighted by Crippen LogP contribution is 2.14. The highest BCUT2D eigenvalue weighted by Gasteiger charge is 2.06. The Labute approximate surface area is 82.3 Å². The van der Waals surface area contributed by atoms with E-state index in [0.717, 1.165) is 0 Å². The number of hydrogen-bond acceptors (Lipinski definition) is 2. The van der Waals surface area contributed by atoms with Crippen molar-refractivity contribution in [3.8, 4) is 0 Å². The Balaban J connectivity index is 0.000000132. The molecule has 0 radical (unpaired) electrons. The van der Waals surface area contributed by atoms with E-state index in [1.807, 2.05) is 0 Å². The zero-order valence-corrected chi connectivity index (χ0v) is 8.73. The summed E-state index contributed by atoms with van der Waals surface area (Å²) >= 11 is 0. The van der Waals surface area contributed by atoms with Crippen molar-refractivity contribution in [2.24, 2.45) is 5.73 Å². The molecule has 1 heterocycles. The molecule has 2 aliphatic rings. The van der Waals surface area contributed by atoms with Crippen molar-refractivity contribution >= 4 is 0 Å². The maximum Gasteiger partial charge on any atom is 0.00388 e. The van der Waals surface area contributed by atoms with Crippen molar-refractivity contribution in [3.05, 3.63) is 0 Å². The summed E-state index contributed by atoms with van der Waals surface area (Å²) in [6, 6.07) is 0.536. The lowest BCUT2D eigenvalue weighted by Gasteiger charge is -2.15. The molecule has 0 unspecified atom stereocenters. The molecule has 2 rings (SSSR count). The molecule has 78 valence electrons. The Morgan fingerprint density at radius 1 is 0.769 bits per heavy atom. The minimum absolute atomic E-state index is 0.536. The van der Waals surface area contributed by atoms with Crippen molar-refractivity contribution in [2.75, 3.05) is 13.1 Å². The van der Waals surface area contributed by atoms with Crippen LogP contribution < -0.4 is 11.1 Å². The molecule has 2 fully saturated rings. The number of piperidine rings is 1. The summed E-state index contributed by atoms with van der Waals surface area (Å²) in [6.45, 7) is 2.50. The van der Waals surface area contributed by atoms with Gasteiger partial charge in [-0.15, -0.1) is 0 Å². The van der Waals surface area contributed by atoms with Gasteiger partial charge < -0.3 is 11.1 Å². The zero-order chi connectivity index (χ0) is 9.36. The van der Waals surface area contributed by atoms with Crippen molar-refractivity contribution in [3.63, 3.8) is 0 Å². The van der Waals surface area contributed by atoms with Gasteiger partial charge in [0.15, 0.2) is 0 Å². The normalized spacial score (nSPS) is 24.7. The highest BCUT2D eigenvalue weighted by molar-refractivity contribution is 4.66. The SMILES string of the molecule is C1CCNCC1.NC1CCCCC1. The molecule has 0 amide bonds. The second kappa shape index (κ2) is 7.34. The molecule has 1 aliphatic heterocycles. The number of nitrogens with one attached hydrogen (secondary N) is 1. The van der Waals surface area contributed by atoms with Crippen LogP contribution in [-0.2, 0) is 0 Å². The lowest BCUT2D eigenvalue weighted by atomic mass is 9.97. The maximum absolute atomic E-state index is 5.63. The van der Waals surface area contributed by atoms with E-state index in [2.05, 4.69) is 5.32 Å². The van der Waals surface area contributed by atoms with E-state index < -0.39 is 0 Å². The second-order valence-electron chi connectivity index (χ2n) is 4.21. The van der Waals surface area contributed by atoms with E-state index >= 15 is 0 Å². The van der Waals surface area contributed by atoms with Crippen LogP contribution in [0.3, 0.4) is 0 Å². The molecular weight excluding hydrogens is 160 g/mol. The molecule has 0 aromatic heterocycles. The third kappa shape index (κ3) is 6.05. The molecule has 2 heteroatoms. The third-order valence-electron chi connectivity index (χ3n) is 2.86. The maximum atomic E-state index is 5.63. The lowest BCUT2D eigenvalue weighted by Crippen LogP contribution is -2.22. The summed E-state index contributed by atoms with van der Waals surface area (Å²) in [6.07, 6.45) is 10.9. The molecule has 0 spiro atoms. The standard InChI is InChI=1S/C6H13N.C5H11N/c7-6-4-2-1-3-5-6;1-2-4-6-5-3-1/h6H,1-5,7H2;6H,1-5H2. The quantitative estimate of drug-likeness (QED) is 0.604. The Kier molecular flexibility index (Phi) is 6.21. The predicted octanol–water partition coefficient (Wildman–Crippen LogP) is 2.04. The molecular formula is C11H24N2. The first kappa shape index (κ1) is 11.0. The fraction of sp³-hybridized carbons (Fsp3) is 1.00. The molecule has 0 bridgehead atoms. The first-order chi connectivity index (χ1) is 6.39. The van der Waals surface area contributed by atoms with Crippen LogP contribution in [0.2, 0.25) is 0 Å². The van der Waals surface area contributed by atoms with Crippen molar-refractivity contribution in [1.29, 1.82) is 0 Å². The van der Waals surface area contributed by atoms with Gasteiger partial charge in [-0.25, -0.2) is 0 Å². The van der Waals surface area contributed by atoms with Gasteiger partial charge in [0, 0.05) is 6.04 Å². The summed E-state index contributed by atoms with van der Waals surface area (Å²) in [5, 5.41) is 3.28. The van der Waals surface area contributed by atoms with E-state index in [9.17, 15) is 0 Å². The summed E-state index contributed by atoms with van der Waals surface area (Å²) in [5.74, 6) is 0. The minimum Gasteiger partial charge on any atom is -0.328 e. The van der Waals surface area contributed by atoms with Crippen LogP contribution in [0.1, 0.15) is 51.4 Å². The van der Waals surface area contributed by atoms with E-state index in [-0.39, 0.29) is 0 Å². The van der Waals surface area contributed by atoms with Gasteiger partial charge in [0.2, 0.25) is 0 Å². The Morgan fingerprint density at radius 2 is 1.31 bits per heavy atom. The molecule has 13 heavy (non-hydrogen) atoms. The van der Waals surface area contributed by atoms with Gasteiger partial charge in [0.05, 0.1) is 0 Å². The molecule has 1 aliphatic carbocycles. The first-order valence-corrected chi connectivity index (χ1v) is 5.86. The predicted molar refractivity (Wildman–Crippen MR) is 57.8 cm³/mol. The van der Waals surface area contributed by atoms with Crippen molar-refractivity contribution in [2.45, 2.75) is 57.4 Å². The van der Waals surface area contributed by atoms with Gasteiger partial charge in [0.25, 0.3) is 0 Å². The van der Waals surface area contributed by atoms with Crippen LogP contribution in [0, 0.1) is 0 Å². The summed E-state index contributed by atoms with van der Waals surface area (Å²) in [4.78, 5) is 0. The smallest absolute Gasteiger partial charge is 0.00388 e. The van der Waals surface area contributed by atoms with Crippen LogP contribution in [0.4, 0.5) is 0 Å². The zero-order valence-electron chi connectivity index (χ0n) is 8.73. The molecule has 1 saturated carbocycles. The van der Waals surface area contributed by atoms with Crippen molar-refractivity contribution in [1.82, 2.24) is 5.32 Å².